The molecule has 0 rings (SSSR count). The van der Waals surface area contributed by atoms with Gasteiger partial charge in [0.05, 0.1) is 0 Å². The summed E-state index contributed by atoms with van der Waals surface area (Å²) in [4.78, 5) is 10.9. The molecule has 0 saturated heterocycles. The maximum absolute atomic E-state index is 10.9. The van der Waals surface area contributed by atoms with Crippen LogP contribution in [0.3, 0.4) is 0 Å². The molecule has 0 radical (unpaired) electrons. The van der Waals surface area contributed by atoms with E-state index in [4.69, 9.17) is 8.85 Å². The van der Waals surface area contributed by atoms with Gasteiger partial charge in [-0.05, 0) is 25.0 Å². The number of unbranched alkanes of at least 4 members (excludes halogenated alkanes) is 18. The normalized spacial score (nSPS) is 12.0. The summed E-state index contributed by atoms with van der Waals surface area (Å²) < 4.78 is 11.9. The summed E-state index contributed by atoms with van der Waals surface area (Å²) >= 11 is 4.30. The quantitative estimate of drug-likeness (QED) is 0.0685. The molecule has 0 amide bonds. The summed E-state index contributed by atoms with van der Waals surface area (Å²) in [7, 11) is -3.01. The van der Waals surface area contributed by atoms with Crippen molar-refractivity contribution in [2.24, 2.45) is 0 Å². The number of hydrogen-bond donors (Lipinski definition) is 2. The number of rotatable bonds is 27. The topological polar surface area (TPSA) is 38.7 Å². The molecule has 194 valence electrons. The Morgan fingerprint density at radius 2 is 0.812 bits per heavy atom. The number of thiol groups is 1. The Morgan fingerprint density at radius 1 is 0.500 bits per heavy atom. The molecule has 3 nitrogen and oxygen atoms in total. The van der Waals surface area contributed by atoms with Crippen molar-refractivity contribution in [3.63, 3.8) is 0 Å². The third-order valence-electron chi connectivity index (χ3n) is 6.30. The van der Waals surface area contributed by atoms with Gasteiger partial charge in [0.2, 0.25) is 0 Å². The molecule has 0 aromatic carbocycles. The van der Waals surface area contributed by atoms with E-state index < -0.39 is 8.80 Å². The van der Waals surface area contributed by atoms with Crippen LogP contribution in [0, 0.1) is 0 Å². The van der Waals surface area contributed by atoms with Crippen molar-refractivity contribution in [2.45, 2.75) is 155 Å². The summed E-state index contributed by atoms with van der Waals surface area (Å²) in [6, 6.07) is 0.645. The molecule has 0 bridgehead atoms. The molecule has 0 aliphatic rings. The zero-order valence-electron chi connectivity index (χ0n) is 21.9. The van der Waals surface area contributed by atoms with Crippen molar-refractivity contribution >= 4 is 21.4 Å². The van der Waals surface area contributed by atoms with Crippen molar-refractivity contribution in [1.82, 2.24) is 0 Å². The van der Waals surface area contributed by atoms with Crippen LogP contribution in [0.1, 0.15) is 149 Å². The van der Waals surface area contributed by atoms with E-state index in [0.717, 1.165) is 25.0 Å². The SMILES string of the molecule is CCCCCCCCCCCCO[Si](O)(CCCS)OCCCCCCCCCCCC. The average Bonchev–Trinajstić information content (AvgIpc) is 2.80. The summed E-state index contributed by atoms with van der Waals surface area (Å²) in [5.74, 6) is 0.776. The fourth-order valence-corrected chi connectivity index (χ4v) is 6.51. The lowest BCUT2D eigenvalue weighted by Crippen LogP contribution is -2.43. The zero-order valence-corrected chi connectivity index (χ0v) is 23.8. The zero-order chi connectivity index (χ0) is 23.6. The predicted octanol–water partition coefficient (Wildman–Crippen LogP) is 9.11. The molecular weight excluding hydrogens is 432 g/mol. The highest BCUT2D eigenvalue weighted by molar-refractivity contribution is 7.80. The monoisotopic (exact) mass is 490 g/mol. The van der Waals surface area contributed by atoms with Crippen LogP contribution in [0.5, 0.6) is 0 Å². The van der Waals surface area contributed by atoms with E-state index in [9.17, 15) is 4.80 Å². The molecule has 5 heteroatoms. The third-order valence-corrected chi connectivity index (χ3v) is 8.91. The molecule has 0 aliphatic carbocycles. The van der Waals surface area contributed by atoms with Crippen molar-refractivity contribution in [3.05, 3.63) is 0 Å². The maximum Gasteiger partial charge on any atom is 0.498 e. The van der Waals surface area contributed by atoms with Crippen LogP contribution in [-0.4, -0.2) is 32.6 Å². The van der Waals surface area contributed by atoms with Gasteiger partial charge in [0, 0.05) is 19.3 Å². The van der Waals surface area contributed by atoms with Crippen LogP contribution in [0.15, 0.2) is 0 Å². The van der Waals surface area contributed by atoms with E-state index in [1.54, 1.807) is 0 Å². The molecule has 0 aliphatic heterocycles. The van der Waals surface area contributed by atoms with E-state index in [2.05, 4.69) is 26.5 Å². The fourth-order valence-electron chi connectivity index (χ4n) is 4.13. The van der Waals surface area contributed by atoms with Crippen LogP contribution < -0.4 is 0 Å². The molecule has 0 saturated carbocycles. The highest BCUT2D eigenvalue weighted by Gasteiger charge is 2.35. The van der Waals surface area contributed by atoms with Gasteiger partial charge in [-0.1, -0.05) is 129 Å². The standard InChI is InChI=1S/C27H58O3SSi/c1-3-5-7-9-11-13-15-17-19-21-24-29-32(28,27-23-26-31)30-25-22-20-18-16-14-12-10-8-6-4-2/h28,31H,3-27H2,1-2H3. The third kappa shape index (κ3) is 23.6. The molecular formula is C27H58O3SSi. The molecule has 0 aromatic rings. The first kappa shape index (κ1) is 32.4. The second-order valence-electron chi connectivity index (χ2n) is 9.60. The summed E-state index contributed by atoms with van der Waals surface area (Å²) in [6.07, 6.45) is 27.1. The van der Waals surface area contributed by atoms with Gasteiger partial charge in [0.25, 0.3) is 0 Å². The molecule has 0 fully saturated rings. The summed E-state index contributed by atoms with van der Waals surface area (Å²) in [5.41, 5.74) is 0. The Balaban J connectivity index is 3.69. The van der Waals surface area contributed by atoms with Crippen LogP contribution >= 0.6 is 12.6 Å². The minimum atomic E-state index is -3.01. The second-order valence-corrected chi connectivity index (χ2v) is 12.6. The first-order chi connectivity index (χ1) is 15.7. The Bertz CT molecular complexity index is 332. The predicted molar refractivity (Wildman–Crippen MR) is 147 cm³/mol. The molecule has 0 unspecified atom stereocenters. The van der Waals surface area contributed by atoms with E-state index in [0.29, 0.717) is 19.3 Å². The highest BCUT2D eigenvalue weighted by atomic mass is 32.1. The Hall–Kier alpha value is 0.447. The highest BCUT2D eigenvalue weighted by Crippen LogP contribution is 2.17. The average molecular weight is 491 g/mol. The largest absolute Gasteiger partial charge is 0.498 e. The van der Waals surface area contributed by atoms with Gasteiger partial charge in [-0.15, -0.1) is 0 Å². The molecule has 0 heterocycles. The van der Waals surface area contributed by atoms with E-state index in [1.165, 1.54) is 116 Å². The van der Waals surface area contributed by atoms with Crippen molar-refractivity contribution in [2.75, 3.05) is 19.0 Å². The summed E-state index contributed by atoms with van der Waals surface area (Å²) in [5, 5.41) is 0. The first-order valence-electron chi connectivity index (χ1n) is 14.3. The molecule has 32 heavy (non-hydrogen) atoms. The van der Waals surface area contributed by atoms with Gasteiger partial charge in [0.1, 0.15) is 0 Å². The fraction of sp³-hybridized carbons (Fsp3) is 1.00. The Morgan fingerprint density at radius 3 is 1.12 bits per heavy atom. The van der Waals surface area contributed by atoms with E-state index in [-0.39, 0.29) is 0 Å². The minimum absolute atomic E-state index is 0.643. The van der Waals surface area contributed by atoms with Gasteiger partial charge in [-0.25, -0.2) is 0 Å². The second kappa shape index (κ2) is 26.1. The van der Waals surface area contributed by atoms with Crippen LogP contribution in [0.4, 0.5) is 0 Å². The lowest BCUT2D eigenvalue weighted by Gasteiger charge is -2.24. The first-order valence-corrected chi connectivity index (χ1v) is 16.9. The molecule has 0 aromatic heterocycles. The number of hydrogen-bond acceptors (Lipinski definition) is 4. The smallest absolute Gasteiger partial charge is 0.390 e. The van der Waals surface area contributed by atoms with Gasteiger partial charge in [0.15, 0.2) is 0 Å². The lowest BCUT2D eigenvalue weighted by molar-refractivity contribution is 0.0934. The maximum atomic E-state index is 10.9. The minimum Gasteiger partial charge on any atom is -0.390 e. The van der Waals surface area contributed by atoms with Crippen LogP contribution in [-0.2, 0) is 8.85 Å². The van der Waals surface area contributed by atoms with Gasteiger partial charge in [-0.2, -0.15) is 12.6 Å². The van der Waals surface area contributed by atoms with Crippen LogP contribution in [0.2, 0.25) is 6.04 Å². The van der Waals surface area contributed by atoms with Crippen molar-refractivity contribution in [1.29, 1.82) is 0 Å². The Labute approximate surface area is 208 Å². The van der Waals surface area contributed by atoms with Gasteiger partial charge in [-0.3, -0.25) is 0 Å². The van der Waals surface area contributed by atoms with Crippen LogP contribution in [0.25, 0.3) is 0 Å². The molecule has 1 N–H and O–H groups in total. The van der Waals surface area contributed by atoms with E-state index >= 15 is 0 Å². The van der Waals surface area contributed by atoms with Gasteiger partial charge >= 0.3 is 8.80 Å². The lowest BCUT2D eigenvalue weighted by atomic mass is 10.1. The molecule has 0 spiro atoms. The van der Waals surface area contributed by atoms with Gasteiger partial charge < -0.3 is 13.6 Å². The Kier molecular flexibility index (Phi) is 26.4. The molecule has 0 atom stereocenters. The van der Waals surface area contributed by atoms with E-state index in [1.807, 2.05) is 0 Å². The summed E-state index contributed by atoms with van der Waals surface area (Å²) in [6.45, 7) is 5.83. The van der Waals surface area contributed by atoms with Crippen molar-refractivity contribution < 1.29 is 13.6 Å². The van der Waals surface area contributed by atoms with Crippen molar-refractivity contribution in [3.8, 4) is 0 Å².